The number of hydrogen-bond acceptors (Lipinski definition) is 3. The number of nitrogens with one attached hydrogen (secondary N) is 1. The van der Waals surface area contributed by atoms with E-state index in [4.69, 9.17) is 0 Å². The number of carbonyl (C=O) groups is 1. The number of aryl methyl sites for hydroxylation is 1. The summed E-state index contributed by atoms with van der Waals surface area (Å²) in [6.07, 6.45) is 5.86. The highest BCUT2D eigenvalue weighted by molar-refractivity contribution is 5.95. The van der Waals surface area contributed by atoms with Crippen LogP contribution in [0, 0.1) is 13.8 Å². The highest BCUT2D eigenvalue weighted by atomic mass is 16.1. The average molecular weight is 326 g/mol. The predicted octanol–water partition coefficient (Wildman–Crippen LogP) is 2.43. The lowest BCUT2D eigenvalue weighted by Crippen LogP contribution is -2.47. The van der Waals surface area contributed by atoms with Gasteiger partial charge in [-0.25, -0.2) is 0 Å². The van der Waals surface area contributed by atoms with Crippen LogP contribution < -0.4 is 5.32 Å². The van der Waals surface area contributed by atoms with Crippen molar-refractivity contribution in [1.29, 1.82) is 0 Å². The largest absolute Gasteiger partial charge is 0.351 e. The maximum atomic E-state index is 12.6. The molecule has 1 unspecified atom stereocenters. The molecule has 3 rings (SSSR count). The number of amides is 1. The number of aromatic nitrogens is 2. The minimum atomic E-state index is 0.0458. The number of rotatable bonds is 4. The molecular formula is C19H26N4O. The fraction of sp³-hybridized carbons (Fsp3) is 0.474. The quantitative estimate of drug-likeness (QED) is 0.939. The van der Waals surface area contributed by atoms with E-state index in [-0.39, 0.29) is 11.9 Å². The fourth-order valence-electron chi connectivity index (χ4n) is 3.42. The van der Waals surface area contributed by atoms with Crippen LogP contribution in [0.4, 0.5) is 0 Å². The molecule has 0 spiro atoms. The van der Waals surface area contributed by atoms with Gasteiger partial charge >= 0.3 is 0 Å². The fourth-order valence-corrected chi connectivity index (χ4v) is 3.42. The molecule has 1 atom stereocenters. The normalized spacial score (nSPS) is 18.5. The van der Waals surface area contributed by atoms with Gasteiger partial charge in [-0.15, -0.1) is 0 Å². The molecule has 1 saturated heterocycles. The predicted molar refractivity (Wildman–Crippen MR) is 94.9 cm³/mol. The summed E-state index contributed by atoms with van der Waals surface area (Å²) in [5.41, 5.74) is 4.14. The lowest BCUT2D eigenvalue weighted by atomic mass is 10.0. The van der Waals surface area contributed by atoms with Crippen LogP contribution in [0.1, 0.15) is 40.2 Å². The minimum absolute atomic E-state index is 0.0458. The van der Waals surface area contributed by atoms with E-state index in [9.17, 15) is 4.79 Å². The monoisotopic (exact) mass is 326 g/mol. The van der Waals surface area contributed by atoms with Crippen LogP contribution in [-0.4, -0.2) is 39.5 Å². The first kappa shape index (κ1) is 16.7. The molecule has 2 aromatic rings. The molecule has 0 saturated carbocycles. The SMILES string of the molecule is Cc1cc(C(=O)NC2CCCN(Cc3cccnc3)C2)c(C)n1C. The summed E-state index contributed by atoms with van der Waals surface area (Å²) in [7, 11) is 2.00. The Balaban J connectivity index is 1.60. The van der Waals surface area contributed by atoms with E-state index in [1.807, 2.05) is 39.2 Å². The van der Waals surface area contributed by atoms with Crippen molar-refractivity contribution in [3.63, 3.8) is 0 Å². The first-order valence-corrected chi connectivity index (χ1v) is 8.59. The molecule has 1 fully saturated rings. The van der Waals surface area contributed by atoms with E-state index in [0.717, 1.165) is 49.4 Å². The topological polar surface area (TPSA) is 50.2 Å². The second-order valence-corrected chi connectivity index (χ2v) is 6.75. The summed E-state index contributed by atoms with van der Waals surface area (Å²) < 4.78 is 2.06. The van der Waals surface area contributed by atoms with Crippen LogP contribution in [0.15, 0.2) is 30.6 Å². The number of hydrogen-bond donors (Lipinski definition) is 1. The zero-order valence-corrected chi connectivity index (χ0v) is 14.7. The van der Waals surface area contributed by atoms with Crippen molar-refractivity contribution in [2.45, 2.75) is 39.3 Å². The van der Waals surface area contributed by atoms with Crippen LogP contribution in [0.3, 0.4) is 0 Å². The minimum Gasteiger partial charge on any atom is -0.351 e. The third-order valence-electron chi connectivity index (χ3n) is 4.99. The summed E-state index contributed by atoms with van der Waals surface area (Å²) in [5.74, 6) is 0.0458. The first-order chi connectivity index (χ1) is 11.5. The molecule has 1 aliphatic rings. The van der Waals surface area contributed by atoms with Gasteiger partial charge in [-0.1, -0.05) is 6.07 Å². The molecule has 1 N–H and O–H groups in total. The number of likely N-dealkylation sites (tertiary alicyclic amines) is 1. The Morgan fingerprint density at radius 2 is 2.25 bits per heavy atom. The van der Waals surface area contributed by atoms with Crippen LogP contribution in [0.2, 0.25) is 0 Å². The van der Waals surface area contributed by atoms with Crippen molar-refractivity contribution in [3.8, 4) is 0 Å². The molecule has 5 nitrogen and oxygen atoms in total. The van der Waals surface area contributed by atoms with Gasteiger partial charge < -0.3 is 9.88 Å². The zero-order valence-electron chi connectivity index (χ0n) is 14.7. The first-order valence-electron chi connectivity index (χ1n) is 8.59. The zero-order chi connectivity index (χ0) is 17.1. The van der Waals surface area contributed by atoms with E-state index in [1.165, 1.54) is 5.56 Å². The highest BCUT2D eigenvalue weighted by Crippen LogP contribution is 2.16. The number of carbonyl (C=O) groups excluding carboxylic acids is 1. The van der Waals surface area contributed by atoms with E-state index in [0.29, 0.717) is 0 Å². The molecule has 2 aromatic heterocycles. The van der Waals surface area contributed by atoms with Gasteiger partial charge in [0.25, 0.3) is 5.91 Å². The van der Waals surface area contributed by atoms with Crippen molar-refractivity contribution >= 4 is 5.91 Å². The van der Waals surface area contributed by atoms with E-state index in [1.54, 1.807) is 6.20 Å². The van der Waals surface area contributed by atoms with Gasteiger partial charge in [-0.05, 0) is 50.9 Å². The average Bonchev–Trinajstić information content (AvgIpc) is 2.84. The van der Waals surface area contributed by atoms with E-state index < -0.39 is 0 Å². The molecule has 0 bridgehead atoms. The Morgan fingerprint density at radius 1 is 1.42 bits per heavy atom. The molecular weight excluding hydrogens is 300 g/mol. The third kappa shape index (κ3) is 3.67. The Bertz CT molecular complexity index is 708. The van der Waals surface area contributed by atoms with Crippen molar-refractivity contribution in [1.82, 2.24) is 19.8 Å². The second kappa shape index (κ2) is 7.18. The van der Waals surface area contributed by atoms with Crippen molar-refractivity contribution in [2.24, 2.45) is 7.05 Å². The summed E-state index contributed by atoms with van der Waals surface area (Å²) in [5, 5.41) is 3.22. The van der Waals surface area contributed by atoms with Gasteiger partial charge in [0.05, 0.1) is 5.56 Å². The Morgan fingerprint density at radius 3 is 2.92 bits per heavy atom. The Labute approximate surface area is 143 Å². The molecule has 0 radical (unpaired) electrons. The van der Waals surface area contributed by atoms with Gasteiger partial charge in [-0.2, -0.15) is 0 Å². The van der Waals surface area contributed by atoms with Gasteiger partial charge in [0.1, 0.15) is 0 Å². The van der Waals surface area contributed by atoms with Crippen LogP contribution >= 0.6 is 0 Å². The summed E-state index contributed by atoms with van der Waals surface area (Å²) in [6.45, 7) is 6.89. The molecule has 5 heteroatoms. The molecule has 0 aromatic carbocycles. The summed E-state index contributed by atoms with van der Waals surface area (Å²) in [6, 6.07) is 6.26. The summed E-state index contributed by atoms with van der Waals surface area (Å²) in [4.78, 5) is 19.2. The Hall–Kier alpha value is -2.14. The molecule has 128 valence electrons. The smallest absolute Gasteiger partial charge is 0.253 e. The molecule has 0 aliphatic carbocycles. The molecule has 3 heterocycles. The standard InChI is InChI=1S/C19H26N4O/c1-14-10-18(15(2)22(14)3)19(24)21-17-7-5-9-23(13-17)12-16-6-4-8-20-11-16/h4,6,8,10-11,17H,5,7,9,12-13H2,1-3H3,(H,21,24). The number of piperidine rings is 1. The van der Waals surface area contributed by atoms with Crippen molar-refractivity contribution in [3.05, 3.63) is 53.1 Å². The van der Waals surface area contributed by atoms with Crippen LogP contribution in [-0.2, 0) is 13.6 Å². The highest BCUT2D eigenvalue weighted by Gasteiger charge is 2.23. The van der Waals surface area contributed by atoms with Gasteiger partial charge in [0.15, 0.2) is 0 Å². The Kier molecular flexibility index (Phi) is 5.00. The van der Waals surface area contributed by atoms with Crippen molar-refractivity contribution < 1.29 is 4.79 Å². The van der Waals surface area contributed by atoms with Crippen molar-refractivity contribution in [2.75, 3.05) is 13.1 Å². The summed E-state index contributed by atoms with van der Waals surface area (Å²) >= 11 is 0. The molecule has 1 amide bonds. The van der Waals surface area contributed by atoms with Gasteiger partial charge in [-0.3, -0.25) is 14.7 Å². The van der Waals surface area contributed by atoms with E-state index >= 15 is 0 Å². The lowest BCUT2D eigenvalue weighted by Gasteiger charge is -2.33. The number of nitrogens with zero attached hydrogens (tertiary/aromatic N) is 3. The molecule has 24 heavy (non-hydrogen) atoms. The lowest BCUT2D eigenvalue weighted by molar-refractivity contribution is 0.0900. The van der Waals surface area contributed by atoms with Crippen LogP contribution in [0.5, 0.6) is 0 Å². The third-order valence-corrected chi connectivity index (χ3v) is 4.99. The number of pyridine rings is 1. The van der Waals surface area contributed by atoms with Gasteiger partial charge in [0.2, 0.25) is 0 Å². The van der Waals surface area contributed by atoms with Gasteiger partial charge in [0, 0.05) is 50.0 Å². The maximum absolute atomic E-state index is 12.6. The molecule has 1 aliphatic heterocycles. The van der Waals surface area contributed by atoms with Crippen LogP contribution in [0.25, 0.3) is 0 Å². The maximum Gasteiger partial charge on any atom is 0.253 e. The van der Waals surface area contributed by atoms with E-state index in [2.05, 4.69) is 25.8 Å². The second-order valence-electron chi connectivity index (χ2n) is 6.75.